The van der Waals surface area contributed by atoms with Crippen LogP contribution in [-0.2, 0) is 4.79 Å². The molecule has 2 amide bonds. The summed E-state index contributed by atoms with van der Waals surface area (Å²) in [7, 11) is 0. The predicted molar refractivity (Wildman–Crippen MR) is 106 cm³/mol. The molecule has 0 aliphatic heterocycles. The summed E-state index contributed by atoms with van der Waals surface area (Å²) < 4.78 is 6.64. The van der Waals surface area contributed by atoms with E-state index in [2.05, 4.69) is 26.8 Å². The van der Waals surface area contributed by atoms with Crippen LogP contribution < -0.4 is 15.6 Å². The fraction of sp³-hybridized carbons (Fsp3) is 0.263. The highest BCUT2D eigenvalue weighted by atomic mass is 79.9. The van der Waals surface area contributed by atoms with Crippen LogP contribution in [0.1, 0.15) is 41.3 Å². The molecule has 0 radical (unpaired) electrons. The number of carbonyl (C=O) groups is 2. The summed E-state index contributed by atoms with van der Waals surface area (Å²) in [6.45, 7) is 5.83. The Morgan fingerprint density at radius 2 is 1.88 bits per heavy atom. The van der Waals surface area contributed by atoms with Gasteiger partial charge in [-0.15, -0.1) is 0 Å². The molecule has 0 bridgehead atoms. The van der Waals surface area contributed by atoms with Gasteiger partial charge in [-0.1, -0.05) is 53.5 Å². The van der Waals surface area contributed by atoms with Crippen molar-refractivity contribution >= 4 is 39.3 Å². The number of amides is 2. The van der Waals surface area contributed by atoms with Crippen molar-refractivity contribution in [2.24, 2.45) is 0 Å². The first-order valence-electron chi connectivity index (χ1n) is 8.06. The van der Waals surface area contributed by atoms with E-state index in [-0.39, 0.29) is 18.1 Å². The number of ether oxygens (including phenoxy) is 1. The maximum atomic E-state index is 12.0. The smallest absolute Gasteiger partial charge is 0.276 e. The van der Waals surface area contributed by atoms with Crippen molar-refractivity contribution in [3.05, 3.63) is 62.6 Å². The topological polar surface area (TPSA) is 67.4 Å². The molecule has 7 heteroatoms. The van der Waals surface area contributed by atoms with E-state index in [4.69, 9.17) is 16.3 Å². The van der Waals surface area contributed by atoms with E-state index in [1.54, 1.807) is 24.3 Å². The number of hydrazine groups is 1. The molecule has 0 aromatic heterocycles. The lowest BCUT2D eigenvalue weighted by Crippen LogP contribution is -2.43. The van der Waals surface area contributed by atoms with Crippen molar-refractivity contribution in [1.29, 1.82) is 0 Å². The van der Waals surface area contributed by atoms with Gasteiger partial charge in [0.05, 0.1) is 10.6 Å². The number of nitrogens with one attached hydrogen (secondary N) is 2. The SMILES string of the molecule is Cc1cc(OCC(=O)NNC(=O)c2ccccc2Cl)c(C(C)C)cc1Br. The Bertz CT molecular complexity index is 824. The van der Waals surface area contributed by atoms with E-state index >= 15 is 0 Å². The van der Waals surface area contributed by atoms with Crippen LogP contribution in [0.5, 0.6) is 5.75 Å². The summed E-state index contributed by atoms with van der Waals surface area (Å²) in [6, 6.07) is 10.5. The Morgan fingerprint density at radius 3 is 2.54 bits per heavy atom. The molecule has 0 fully saturated rings. The van der Waals surface area contributed by atoms with Crippen LogP contribution in [0.25, 0.3) is 0 Å². The quantitative estimate of drug-likeness (QED) is 0.680. The number of carbonyl (C=O) groups excluding carboxylic acids is 2. The molecule has 0 unspecified atom stereocenters. The van der Waals surface area contributed by atoms with Gasteiger partial charge in [0.2, 0.25) is 0 Å². The maximum Gasteiger partial charge on any atom is 0.276 e. The molecule has 0 aliphatic rings. The number of aryl methyl sites for hydroxylation is 1. The number of hydrogen-bond donors (Lipinski definition) is 2. The first-order chi connectivity index (χ1) is 12.3. The van der Waals surface area contributed by atoms with E-state index in [0.717, 1.165) is 15.6 Å². The van der Waals surface area contributed by atoms with E-state index in [9.17, 15) is 9.59 Å². The van der Waals surface area contributed by atoms with E-state index < -0.39 is 11.8 Å². The highest BCUT2D eigenvalue weighted by molar-refractivity contribution is 9.10. The fourth-order valence-electron chi connectivity index (χ4n) is 2.27. The number of rotatable bonds is 5. The minimum absolute atomic E-state index is 0.219. The van der Waals surface area contributed by atoms with Gasteiger partial charge >= 0.3 is 0 Å². The van der Waals surface area contributed by atoms with Crippen LogP contribution in [0, 0.1) is 6.92 Å². The van der Waals surface area contributed by atoms with Gasteiger partial charge in [-0.3, -0.25) is 20.4 Å². The van der Waals surface area contributed by atoms with Crippen LogP contribution in [-0.4, -0.2) is 18.4 Å². The zero-order valence-electron chi connectivity index (χ0n) is 14.7. The van der Waals surface area contributed by atoms with Crippen LogP contribution >= 0.6 is 27.5 Å². The monoisotopic (exact) mass is 438 g/mol. The Labute approximate surface area is 166 Å². The summed E-state index contributed by atoms with van der Waals surface area (Å²) in [4.78, 5) is 24.0. The van der Waals surface area contributed by atoms with Crippen molar-refractivity contribution in [3.63, 3.8) is 0 Å². The predicted octanol–water partition coefficient (Wildman–Crippen LogP) is 4.37. The highest BCUT2D eigenvalue weighted by Crippen LogP contribution is 2.32. The molecule has 138 valence electrons. The molecule has 0 heterocycles. The first kappa shape index (κ1) is 20.3. The number of benzene rings is 2. The summed E-state index contributed by atoms with van der Waals surface area (Å²) in [5.41, 5.74) is 6.93. The van der Waals surface area contributed by atoms with Gasteiger partial charge in [0.25, 0.3) is 11.8 Å². The lowest BCUT2D eigenvalue weighted by Gasteiger charge is -2.16. The molecule has 0 spiro atoms. The van der Waals surface area contributed by atoms with Gasteiger partial charge in [0.15, 0.2) is 6.61 Å². The highest BCUT2D eigenvalue weighted by Gasteiger charge is 2.14. The second-order valence-corrected chi connectivity index (χ2v) is 7.33. The van der Waals surface area contributed by atoms with Gasteiger partial charge < -0.3 is 4.74 Å². The minimum atomic E-state index is -0.494. The molecule has 2 aromatic carbocycles. The molecule has 0 atom stereocenters. The molecule has 2 aromatic rings. The third-order valence-corrected chi connectivity index (χ3v) is 4.89. The second kappa shape index (κ2) is 9.05. The Balaban J connectivity index is 1.94. The third-order valence-electron chi connectivity index (χ3n) is 3.71. The van der Waals surface area contributed by atoms with Gasteiger partial charge in [-0.05, 0) is 48.2 Å². The fourth-order valence-corrected chi connectivity index (χ4v) is 2.85. The molecule has 2 rings (SSSR count). The van der Waals surface area contributed by atoms with Crippen LogP contribution in [0.4, 0.5) is 0 Å². The van der Waals surface area contributed by atoms with Gasteiger partial charge in [0, 0.05) is 4.47 Å². The zero-order valence-corrected chi connectivity index (χ0v) is 17.1. The van der Waals surface area contributed by atoms with Gasteiger partial charge in [0.1, 0.15) is 5.75 Å². The molecule has 26 heavy (non-hydrogen) atoms. The molecule has 2 N–H and O–H groups in total. The normalized spacial score (nSPS) is 10.5. The molecular formula is C19H20BrClN2O3. The lowest BCUT2D eigenvalue weighted by molar-refractivity contribution is -0.123. The molecule has 5 nitrogen and oxygen atoms in total. The van der Waals surface area contributed by atoms with Crippen molar-refractivity contribution in [1.82, 2.24) is 10.9 Å². The summed E-state index contributed by atoms with van der Waals surface area (Å²) in [6.07, 6.45) is 0. The van der Waals surface area contributed by atoms with E-state index in [1.165, 1.54) is 0 Å². The average Bonchev–Trinajstić information content (AvgIpc) is 2.60. The minimum Gasteiger partial charge on any atom is -0.483 e. The first-order valence-corrected chi connectivity index (χ1v) is 9.23. The lowest BCUT2D eigenvalue weighted by atomic mass is 10.0. The summed E-state index contributed by atoms with van der Waals surface area (Å²) in [5.74, 6) is -0.0786. The molecule has 0 saturated heterocycles. The van der Waals surface area contributed by atoms with Gasteiger partial charge in [-0.25, -0.2) is 0 Å². The van der Waals surface area contributed by atoms with Crippen LogP contribution in [0.2, 0.25) is 5.02 Å². The van der Waals surface area contributed by atoms with Crippen molar-refractivity contribution < 1.29 is 14.3 Å². The number of hydrogen-bond acceptors (Lipinski definition) is 3. The van der Waals surface area contributed by atoms with Crippen molar-refractivity contribution in [3.8, 4) is 5.75 Å². The second-order valence-electron chi connectivity index (χ2n) is 6.06. The van der Waals surface area contributed by atoms with E-state index in [0.29, 0.717) is 10.8 Å². The summed E-state index contributed by atoms with van der Waals surface area (Å²) >= 11 is 9.45. The summed E-state index contributed by atoms with van der Waals surface area (Å²) in [5, 5.41) is 0.308. The van der Waals surface area contributed by atoms with Crippen LogP contribution in [0.3, 0.4) is 0 Å². The van der Waals surface area contributed by atoms with Crippen molar-refractivity contribution in [2.45, 2.75) is 26.7 Å². The molecular weight excluding hydrogens is 420 g/mol. The number of halogens is 2. The standard InChI is InChI=1S/C19H20BrClN2O3/c1-11(2)14-9-15(20)12(3)8-17(14)26-10-18(24)22-23-19(25)13-6-4-5-7-16(13)21/h4-9,11H,10H2,1-3H3,(H,22,24)(H,23,25). The Morgan fingerprint density at radius 1 is 1.19 bits per heavy atom. The zero-order chi connectivity index (χ0) is 19.3. The molecule has 0 saturated carbocycles. The third kappa shape index (κ3) is 5.22. The van der Waals surface area contributed by atoms with Gasteiger partial charge in [-0.2, -0.15) is 0 Å². The largest absolute Gasteiger partial charge is 0.483 e. The average molecular weight is 440 g/mol. The van der Waals surface area contributed by atoms with Crippen LogP contribution in [0.15, 0.2) is 40.9 Å². The Kier molecular flexibility index (Phi) is 7.06. The van der Waals surface area contributed by atoms with Crippen molar-refractivity contribution in [2.75, 3.05) is 6.61 Å². The molecule has 0 aliphatic carbocycles. The Hall–Kier alpha value is -2.05. The maximum absolute atomic E-state index is 12.0. The van der Waals surface area contributed by atoms with E-state index in [1.807, 2.05) is 32.9 Å².